The lowest BCUT2D eigenvalue weighted by Gasteiger charge is -2.33. The number of carbonyl (C=O) groups excluding carboxylic acids is 1. The maximum atomic E-state index is 13.9. The molecule has 1 unspecified atom stereocenters. The minimum Gasteiger partial charge on any atom is -0.468 e. The quantitative estimate of drug-likeness (QED) is 0.835. The van der Waals surface area contributed by atoms with Crippen molar-refractivity contribution in [3.05, 3.63) is 35.4 Å². The second-order valence-electron chi connectivity index (χ2n) is 4.35. The maximum absolute atomic E-state index is 13.9. The highest BCUT2D eigenvalue weighted by atomic mass is 19.2. The van der Waals surface area contributed by atoms with Gasteiger partial charge in [-0.1, -0.05) is 12.1 Å². The zero-order chi connectivity index (χ0) is 13.8. The van der Waals surface area contributed by atoms with Crippen LogP contribution in [0.1, 0.15) is 11.6 Å². The highest BCUT2D eigenvalue weighted by Gasteiger charge is 2.32. The Morgan fingerprint density at radius 2 is 2.05 bits per heavy atom. The molecule has 0 amide bonds. The van der Waals surface area contributed by atoms with Crippen LogP contribution in [0.15, 0.2) is 18.2 Å². The Morgan fingerprint density at radius 1 is 1.37 bits per heavy atom. The Bertz CT molecular complexity index is 462. The van der Waals surface area contributed by atoms with E-state index in [9.17, 15) is 13.6 Å². The minimum absolute atomic E-state index is 0.0220. The van der Waals surface area contributed by atoms with E-state index in [1.54, 1.807) is 4.90 Å². The van der Waals surface area contributed by atoms with E-state index in [1.807, 2.05) is 0 Å². The number of esters is 1. The average molecular weight is 270 g/mol. The number of methoxy groups -OCH3 is 1. The third kappa shape index (κ3) is 2.90. The fourth-order valence-electron chi connectivity index (χ4n) is 2.26. The van der Waals surface area contributed by atoms with Crippen LogP contribution in [0.2, 0.25) is 0 Å². The molecule has 1 atom stereocenters. The lowest BCUT2D eigenvalue weighted by atomic mass is 10.0. The fraction of sp³-hybridized carbons (Fsp3) is 0.462. The minimum atomic E-state index is -0.989. The molecule has 0 saturated carbocycles. The Morgan fingerprint density at radius 3 is 2.68 bits per heavy atom. The van der Waals surface area contributed by atoms with Gasteiger partial charge in [0, 0.05) is 31.7 Å². The van der Waals surface area contributed by atoms with Crippen LogP contribution in [-0.2, 0) is 9.53 Å². The molecule has 0 bridgehead atoms. The van der Waals surface area contributed by atoms with Crippen LogP contribution in [-0.4, -0.2) is 44.2 Å². The number of piperazine rings is 1. The predicted octanol–water partition coefficient (Wildman–Crippen LogP) is 1.08. The van der Waals surface area contributed by atoms with Gasteiger partial charge in [-0.2, -0.15) is 0 Å². The number of halogens is 2. The Labute approximate surface area is 110 Å². The smallest absolute Gasteiger partial charge is 0.327 e. The van der Waals surface area contributed by atoms with Crippen LogP contribution in [0, 0.1) is 11.6 Å². The van der Waals surface area contributed by atoms with E-state index in [-0.39, 0.29) is 5.56 Å². The molecule has 0 radical (unpaired) electrons. The number of nitrogens with zero attached hydrogens (tertiary/aromatic N) is 1. The van der Waals surface area contributed by atoms with Crippen LogP contribution < -0.4 is 5.32 Å². The maximum Gasteiger partial charge on any atom is 0.327 e. The molecule has 1 saturated heterocycles. The van der Waals surface area contributed by atoms with Crippen molar-refractivity contribution in [1.82, 2.24) is 10.2 Å². The number of hydrogen-bond donors (Lipinski definition) is 1. The Balaban J connectivity index is 2.36. The Hall–Kier alpha value is -1.53. The Kier molecular flexibility index (Phi) is 4.44. The first-order valence-corrected chi connectivity index (χ1v) is 6.11. The second-order valence-corrected chi connectivity index (χ2v) is 4.35. The average Bonchev–Trinajstić information content (AvgIpc) is 2.44. The molecule has 0 aromatic heterocycles. The summed E-state index contributed by atoms with van der Waals surface area (Å²) in [5.74, 6) is -2.52. The molecule has 104 valence electrons. The van der Waals surface area contributed by atoms with Crippen molar-refractivity contribution in [2.75, 3.05) is 33.3 Å². The van der Waals surface area contributed by atoms with E-state index in [4.69, 9.17) is 4.74 Å². The number of carbonyl (C=O) groups is 1. The largest absolute Gasteiger partial charge is 0.468 e. The number of benzene rings is 1. The molecular weight excluding hydrogens is 254 g/mol. The first-order valence-electron chi connectivity index (χ1n) is 6.11. The van der Waals surface area contributed by atoms with Gasteiger partial charge >= 0.3 is 5.97 Å². The van der Waals surface area contributed by atoms with Crippen LogP contribution in [0.5, 0.6) is 0 Å². The lowest BCUT2D eigenvalue weighted by molar-refractivity contribution is -0.147. The van der Waals surface area contributed by atoms with Crippen LogP contribution in [0.25, 0.3) is 0 Å². The number of rotatable bonds is 3. The molecule has 0 spiro atoms. The molecule has 1 aliphatic heterocycles. The van der Waals surface area contributed by atoms with E-state index >= 15 is 0 Å². The number of nitrogens with one attached hydrogen (secondary N) is 1. The molecule has 6 heteroatoms. The molecule has 0 aliphatic carbocycles. The van der Waals surface area contributed by atoms with Crippen LogP contribution >= 0.6 is 0 Å². The SMILES string of the molecule is COC(=O)C(c1cccc(F)c1F)N1CCNCC1. The second kappa shape index (κ2) is 6.08. The van der Waals surface area contributed by atoms with Crippen molar-refractivity contribution >= 4 is 5.97 Å². The summed E-state index contributed by atoms with van der Waals surface area (Å²) in [5, 5.41) is 3.14. The van der Waals surface area contributed by atoms with Crippen molar-refractivity contribution in [2.45, 2.75) is 6.04 Å². The van der Waals surface area contributed by atoms with E-state index in [2.05, 4.69) is 5.32 Å². The highest BCUT2D eigenvalue weighted by molar-refractivity contribution is 5.77. The van der Waals surface area contributed by atoms with Gasteiger partial charge in [0.1, 0.15) is 6.04 Å². The van der Waals surface area contributed by atoms with Gasteiger partial charge in [0.2, 0.25) is 0 Å². The first-order chi connectivity index (χ1) is 9.15. The molecule has 1 heterocycles. The van der Waals surface area contributed by atoms with Crippen LogP contribution in [0.3, 0.4) is 0 Å². The molecule has 19 heavy (non-hydrogen) atoms. The van der Waals surface area contributed by atoms with Crippen molar-refractivity contribution in [2.24, 2.45) is 0 Å². The van der Waals surface area contributed by atoms with Gasteiger partial charge in [-0.25, -0.2) is 13.6 Å². The van der Waals surface area contributed by atoms with E-state index in [0.29, 0.717) is 26.2 Å². The molecule has 1 fully saturated rings. The van der Waals surface area contributed by atoms with Gasteiger partial charge in [-0.15, -0.1) is 0 Å². The van der Waals surface area contributed by atoms with Crippen molar-refractivity contribution in [3.63, 3.8) is 0 Å². The standard InChI is InChI=1S/C13H16F2N2O2/c1-19-13(18)12(17-7-5-16-6-8-17)9-3-2-4-10(14)11(9)15/h2-4,12,16H,5-8H2,1H3. The highest BCUT2D eigenvalue weighted by Crippen LogP contribution is 2.26. The molecular formula is C13H16F2N2O2. The summed E-state index contributed by atoms with van der Waals surface area (Å²) in [6, 6.07) is 2.95. The molecule has 1 aromatic rings. The van der Waals surface area contributed by atoms with E-state index in [1.165, 1.54) is 19.2 Å². The van der Waals surface area contributed by atoms with E-state index in [0.717, 1.165) is 6.07 Å². The van der Waals surface area contributed by atoms with Gasteiger partial charge in [0.15, 0.2) is 11.6 Å². The summed E-state index contributed by atoms with van der Waals surface area (Å²) < 4.78 is 31.9. The molecule has 1 aliphatic rings. The predicted molar refractivity (Wildman–Crippen MR) is 65.6 cm³/mol. The summed E-state index contributed by atoms with van der Waals surface area (Å²) >= 11 is 0. The van der Waals surface area contributed by atoms with Gasteiger partial charge in [-0.05, 0) is 6.07 Å². The third-order valence-electron chi connectivity index (χ3n) is 3.22. The van der Waals surface area contributed by atoms with Gasteiger partial charge in [-0.3, -0.25) is 4.90 Å². The van der Waals surface area contributed by atoms with Gasteiger partial charge in [0.05, 0.1) is 7.11 Å². The third-order valence-corrected chi connectivity index (χ3v) is 3.22. The zero-order valence-electron chi connectivity index (χ0n) is 10.7. The van der Waals surface area contributed by atoms with Gasteiger partial charge in [0.25, 0.3) is 0 Å². The molecule has 2 rings (SSSR count). The summed E-state index contributed by atoms with van der Waals surface area (Å²) in [4.78, 5) is 13.7. The zero-order valence-corrected chi connectivity index (χ0v) is 10.7. The monoisotopic (exact) mass is 270 g/mol. The fourth-order valence-corrected chi connectivity index (χ4v) is 2.26. The van der Waals surface area contributed by atoms with Crippen molar-refractivity contribution in [1.29, 1.82) is 0 Å². The number of hydrogen-bond acceptors (Lipinski definition) is 4. The molecule has 4 nitrogen and oxygen atoms in total. The van der Waals surface area contributed by atoms with Crippen LogP contribution in [0.4, 0.5) is 8.78 Å². The topological polar surface area (TPSA) is 41.6 Å². The molecule has 1 N–H and O–H groups in total. The van der Waals surface area contributed by atoms with Crippen molar-refractivity contribution in [3.8, 4) is 0 Å². The van der Waals surface area contributed by atoms with Crippen molar-refractivity contribution < 1.29 is 18.3 Å². The summed E-state index contributed by atoms with van der Waals surface area (Å²) in [6.45, 7) is 2.56. The van der Waals surface area contributed by atoms with E-state index < -0.39 is 23.6 Å². The first kappa shape index (κ1) is 13.9. The number of ether oxygens (including phenoxy) is 1. The van der Waals surface area contributed by atoms with Gasteiger partial charge < -0.3 is 10.1 Å². The summed E-state index contributed by atoms with van der Waals surface area (Å²) in [5.41, 5.74) is 0.0220. The normalized spacial score (nSPS) is 18.1. The summed E-state index contributed by atoms with van der Waals surface area (Å²) in [6.07, 6.45) is 0. The molecule has 1 aromatic carbocycles. The summed E-state index contributed by atoms with van der Waals surface area (Å²) in [7, 11) is 1.24. The lowest BCUT2D eigenvalue weighted by Crippen LogP contribution is -2.47.